The first-order valence-electron chi connectivity index (χ1n) is 8.03. The first-order chi connectivity index (χ1) is 11.4. The van der Waals surface area contributed by atoms with Crippen LogP contribution in [-0.4, -0.2) is 30.4 Å². The zero-order valence-corrected chi connectivity index (χ0v) is 14.9. The first-order valence-corrected chi connectivity index (χ1v) is 9.58. The minimum Gasteiger partial charge on any atom is -0.424 e. The highest BCUT2D eigenvalue weighted by atomic mass is 32.2. The predicted octanol–water partition coefficient (Wildman–Crippen LogP) is 2.09. The SMILES string of the molecule is CCc1nnc(C2CC(S(=O)(=O)Nc3ccc(C)cc3C)CN2)o1. The van der Waals surface area contributed by atoms with Gasteiger partial charge >= 0.3 is 0 Å². The van der Waals surface area contributed by atoms with Gasteiger partial charge in [-0.2, -0.15) is 0 Å². The second kappa shape index (κ2) is 6.52. The number of hydrogen-bond donors (Lipinski definition) is 2. The zero-order valence-electron chi connectivity index (χ0n) is 14.0. The fraction of sp³-hybridized carbons (Fsp3) is 0.500. The molecule has 7 nitrogen and oxygen atoms in total. The lowest BCUT2D eigenvalue weighted by atomic mass is 10.1. The van der Waals surface area contributed by atoms with Gasteiger partial charge in [-0.3, -0.25) is 4.72 Å². The molecular weight excluding hydrogens is 328 g/mol. The summed E-state index contributed by atoms with van der Waals surface area (Å²) in [7, 11) is -3.49. The normalized spacial score (nSPS) is 21.1. The summed E-state index contributed by atoms with van der Waals surface area (Å²) in [4.78, 5) is 0. The van der Waals surface area contributed by atoms with Crippen molar-refractivity contribution in [2.45, 2.75) is 44.9 Å². The Bertz CT molecular complexity index is 832. The summed E-state index contributed by atoms with van der Waals surface area (Å²) >= 11 is 0. The van der Waals surface area contributed by atoms with Crippen molar-refractivity contribution >= 4 is 15.7 Å². The van der Waals surface area contributed by atoms with Crippen molar-refractivity contribution in [2.24, 2.45) is 0 Å². The molecule has 0 radical (unpaired) electrons. The van der Waals surface area contributed by atoms with Gasteiger partial charge in [0.05, 0.1) is 17.0 Å². The summed E-state index contributed by atoms with van der Waals surface area (Å²) in [6.45, 7) is 6.16. The Morgan fingerprint density at radius 2 is 2.12 bits per heavy atom. The fourth-order valence-corrected chi connectivity index (χ4v) is 4.31. The molecule has 0 saturated carbocycles. The summed E-state index contributed by atoms with van der Waals surface area (Å²) in [5, 5.41) is 10.6. The van der Waals surface area contributed by atoms with Crippen LogP contribution in [0.4, 0.5) is 5.69 Å². The van der Waals surface area contributed by atoms with Gasteiger partial charge in [0, 0.05) is 13.0 Å². The van der Waals surface area contributed by atoms with Gasteiger partial charge in [0.15, 0.2) is 0 Å². The molecule has 0 spiro atoms. The first kappa shape index (κ1) is 16.9. The monoisotopic (exact) mass is 350 g/mol. The molecule has 1 aliphatic rings. The number of rotatable bonds is 5. The quantitative estimate of drug-likeness (QED) is 0.857. The van der Waals surface area contributed by atoms with Crippen LogP contribution in [0.2, 0.25) is 0 Å². The second-order valence-electron chi connectivity index (χ2n) is 6.17. The van der Waals surface area contributed by atoms with E-state index in [1.807, 2.05) is 32.9 Å². The molecule has 24 heavy (non-hydrogen) atoms. The molecule has 1 fully saturated rings. The minimum atomic E-state index is -3.49. The van der Waals surface area contributed by atoms with Gasteiger partial charge in [-0.05, 0) is 31.9 Å². The van der Waals surface area contributed by atoms with E-state index in [9.17, 15) is 8.42 Å². The molecule has 2 N–H and O–H groups in total. The molecular formula is C16H22N4O3S. The molecule has 2 aromatic rings. The van der Waals surface area contributed by atoms with E-state index in [4.69, 9.17) is 4.42 Å². The van der Waals surface area contributed by atoms with Crippen molar-refractivity contribution in [2.75, 3.05) is 11.3 Å². The van der Waals surface area contributed by atoms with Gasteiger partial charge in [-0.25, -0.2) is 8.42 Å². The van der Waals surface area contributed by atoms with E-state index in [1.165, 1.54) is 0 Å². The summed E-state index contributed by atoms with van der Waals surface area (Å²) < 4.78 is 33.6. The van der Waals surface area contributed by atoms with Crippen LogP contribution in [0.1, 0.15) is 42.3 Å². The maximum Gasteiger partial charge on any atom is 0.236 e. The lowest BCUT2D eigenvalue weighted by molar-refractivity contribution is 0.405. The van der Waals surface area contributed by atoms with Crippen LogP contribution in [0.15, 0.2) is 22.6 Å². The van der Waals surface area contributed by atoms with Crippen LogP contribution in [-0.2, 0) is 16.4 Å². The zero-order chi connectivity index (χ0) is 17.3. The molecule has 0 bridgehead atoms. The summed E-state index contributed by atoms with van der Waals surface area (Å²) in [5.41, 5.74) is 2.63. The molecule has 8 heteroatoms. The summed E-state index contributed by atoms with van der Waals surface area (Å²) in [6, 6.07) is 5.43. The molecule has 0 aliphatic carbocycles. The molecule has 0 amide bonds. The highest BCUT2D eigenvalue weighted by Gasteiger charge is 2.37. The number of aryl methyl sites for hydroxylation is 3. The standard InChI is InChI=1S/C16H22N4O3S/c1-4-15-18-19-16(23-15)14-8-12(9-17-14)24(21,22)20-13-6-5-10(2)7-11(13)3/h5-7,12,14,17,20H,4,8-9H2,1-3H3. The third-order valence-electron chi connectivity index (χ3n) is 4.25. The minimum absolute atomic E-state index is 0.224. The Morgan fingerprint density at radius 3 is 2.79 bits per heavy atom. The van der Waals surface area contributed by atoms with Gasteiger partial charge in [-0.1, -0.05) is 24.6 Å². The topological polar surface area (TPSA) is 97.1 Å². The van der Waals surface area contributed by atoms with Gasteiger partial charge < -0.3 is 9.73 Å². The molecule has 1 saturated heterocycles. The fourth-order valence-electron chi connectivity index (χ4n) is 2.84. The molecule has 1 aromatic carbocycles. The lowest BCUT2D eigenvalue weighted by Gasteiger charge is -2.15. The van der Waals surface area contributed by atoms with Crippen molar-refractivity contribution in [3.8, 4) is 0 Å². The molecule has 2 heterocycles. The maximum atomic E-state index is 12.7. The number of anilines is 1. The van der Waals surface area contributed by atoms with Crippen molar-refractivity contribution < 1.29 is 12.8 Å². The van der Waals surface area contributed by atoms with Crippen molar-refractivity contribution in [3.05, 3.63) is 41.1 Å². The number of aromatic nitrogens is 2. The van der Waals surface area contributed by atoms with Gasteiger partial charge in [0.25, 0.3) is 0 Å². The Balaban J connectivity index is 1.71. The van der Waals surface area contributed by atoms with Crippen LogP contribution in [0.3, 0.4) is 0 Å². The Morgan fingerprint density at radius 1 is 1.33 bits per heavy atom. The number of nitrogens with zero attached hydrogens (tertiary/aromatic N) is 2. The molecule has 2 atom stereocenters. The Kier molecular flexibility index (Phi) is 4.60. The van der Waals surface area contributed by atoms with Crippen LogP contribution in [0.25, 0.3) is 0 Å². The van der Waals surface area contributed by atoms with E-state index in [-0.39, 0.29) is 6.04 Å². The third kappa shape index (κ3) is 3.44. The van der Waals surface area contributed by atoms with E-state index in [0.717, 1.165) is 11.1 Å². The number of nitrogens with one attached hydrogen (secondary N) is 2. The average molecular weight is 350 g/mol. The smallest absolute Gasteiger partial charge is 0.236 e. The van der Waals surface area contributed by atoms with E-state index in [2.05, 4.69) is 20.2 Å². The highest BCUT2D eigenvalue weighted by Crippen LogP contribution is 2.28. The largest absolute Gasteiger partial charge is 0.424 e. The molecule has 3 rings (SSSR count). The molecule has 130 valence electrons. The molecule has 2 unspecified atom stereocenters. The van der Waals surface area contributed by atoms with Crippen LogP contribution >= 0.6 is 0 Å². The van der Waals surface area contributed by atoms with Crippen LogP contribution < -0.4 is 10.0 Å². The predicted molar refractivity (Wildman–Crippen MR) is 91.3 cm³/mol. The number of hydrogen-bond acceptors (Lipinski definition) is 6. The van der Waals surface area contributed by atoms with Crippen LogP contribution in [0, 0.1) is 13.8 Å². The van der Waals surface area contributed by atoms with Crippen molar-refractivity contribution in [3.63, 3.8) is 0 Å². The Labute approximate surface area is 141 Å². The molecule has 1 aromatic heterocycles. The van der Waals surface area contributed by atoms with E-state index < -0.39 is 15.3 Å². The van der Waals surface area contributed by atoms with E-state index in [1.54, 1.807) is 6.07 Å². The second-order valence-corrected chi connectivity index (χ2v) is 8.13. The van der Waals surface area contributed by atoms with Gasteiger partial charge in [-0.15, -0.1) is 10.2 Å². The van der Waals surface area contributed by atoms with Crippen molar-refractivity contribution in [1.29, 1.82) is 0 Å². The Hall–Kier alpha value is -1.93. The summed E-state index contributed by atoms with van der Waals surface area (Å²) in [6.07, 6.45) is 1.07. The average Bonchev–Trinajstić information content (AvgIpc) is 3.18. The van der Waals surface area contributed by atoms with Crippen LogP contribution in [0.5, 0.6) is 0 Å². The van der Waals surface area contributed by atoms with Gasteiger partial charge in [0.2, 0.25) is 21.8 Å². The van der Waals surface area contributed by atoms with E-state index in [0.29, 0.717) is 36.9 Å². The third-order valence-corrected chi connectivity index (χ3v) is 5.99. The number of sulfonamides is 1. The van der Waals surface area contributed by atoms with E-state index >= 15 is 0 Å². The van der Waals surface area contributed by atoms with Crippen molar-refractivity contribution in [1.82, 2.24) is 15.5 Å². The summed E-state index contributed by atoms with van der Waals surface area (Å²) in [5.74, 6) is 1.02. The lowest BCUT2D eigenvalue weighted by Crippen LogP contribution is -2.29. The maximum absolute atomic E-state index is 12.7. The highest BCUT2D eigenvalue weighted by molar-refractivity contribution is 7.93. The number of benzene rings is 1. The molecule has 1 aliphatic heterocycles. The van der Waals surface area contributed by atoms with Gasteiger partial charge in [0.1, 0.15) is 0 Å².